The summed E-state index contributed by atoms with van der Waals surface area (Å²) in [5.41, 5.74) is 2.81. The van der Waals surface area contributed by atoms with E-state index in [1.807, 2.05) is 0 Å². The Morgan fingerprint density at radius 1 is 1.22 bits per heavy atom. The summed E-state index contributed by atoms with van der Waals surface area (Å²) >= 11 is 0. The van der Waals surface area contributed by atoms with E-state index in [0.29, 0.717) is 36.6 Å². The fourth-order valence-electron chi connectivity index (χ4n) is 6.43. The van der Waals surface area contributed by atoms with E-state index in [-0.39, 0.29) is 10.8 Å². The van der Waals surface area contributed by atoms with Crippen LogP contribution in [-0.2, 0) is 4.79 Å². The summed E-state index contributed by atoms with van der Waals surface area (Å²) in [7, 11) is 0. The molecule has 1 N–H and O–H groups in total. The van der Waals surface area contributed by atoms with Crippen LogP contribution in [0.1, 0.15) is 79.1 Å². The first kappa shape index (κ1) is 17.2. The third-order valence-corrected chi connectivity index (χ3v) is 7.86. The molecule has 4 unspecified atom stereocenters. The van der Waals surface area contributed by atoms with Gasteiger partial charge in [-0.25, -0.2) is 0 Å². The highest BCUT2D eigenvalue weighted by Crippen LogP contribution is 2.73. The zero-order valence-corrected chi connectivity index (χ0v) is 15.5. The van der Waals surface area contributed by atoms with Crippen LogP contribution in [0.2, 0.25) is 0 Å². The molecule has 0 aromatic heterocycles. The maximum atomic E-state index is 12.6. The largest absolute Gasteiger partial charge is 0.396 e. The van der Waals surface area contributed by atoms with E-state index < -0.39 is 0 Å². The number of fused-ring (bicyclic) bond motifs is 1. The molecule has 0 aromatic rings. The lowest BCUT2D eigenvalue weighted by Crippen LogP contribution is -2.51. The summed E-state index contributed by atoms with van der Waals surface area (Å²) in [6.45, 7) is 9.42. The fraction of sp³-hybridized carbons (Fsp3) is 0.857. The Labute approximate surface area is 141 Å². The number of aliphatic hydroxyl groups is 1. The van der Waals surface area contributed by atoms with Gasteiger partial charge in [-0.15, -0.1) is 0 Å². The quantitative estimate of drug-likeness (QED) is 0.707. The number of hydrogen-bond acceptors (Lipinski definition) is 2. The van der Waals surface area contributed by atoms with Crippen LogP contribution in [0.4, 0.5) is 0 Å². The van der Waals surface area contributed by atoms with Gasteiger partial charge in [0.25, 0.3) is 0 Å². The van der Waals surface area contributed by atoms with Crippen molar-refractivity contribution in [3.63, 3.8) is 0 Å². The Morgan fingerprint density at radius 2 is 1.96 bits per heavy atom. The Morgan fingerprint density at radius 3 is 2.61 bits per heavy atom. The zero-order valence-electron chi connectivity index (χ0n) is 15.5. The molecule has 2 bridgehead atoms. The minimum Gasteiger partial charge on any atom is -0.396 e. The second-order valence-electron chi connectivity index (χ2n) is 8.93. The van der Waals surface area contributed by atoms with Gasteiger partial charge in [-0.2, -0.15) is 0 Å². The topological polar surface area (TPSA) is 37.3 Å². The molecule has 0 saturated heterocycles. The van der Waals surface area contributed by atoms with Crippen molar-refractivity contribution in [3.8, 4) is 0 Å². The van der Waals surface area contributed by atoms with Crippen molar-refractivity contribution in [2.24, 2.45) is 28.6 Å². The lowest BCUT2D eigenvalue weighted by atomic mass is 9.49. The molecular weight excluding hydrogens is 284 g/mol. The van der Waals surface area contributed by atoms with Gasteiger partial charge in [0, 0.05) is 18.4 Å². The lowest BCUT2D eigenvalue weighted by Gasteiger charge is -2.55. The summed E-state index contributed by atoms with van der Waals surface area (Å²) < 4.78 is 0. The van der Waals surface area contributed by atoms with Crippen molar-refractivity contribution >= 4 is 5.78 Å². The van der Waals surface area contributed by atoms with Crippen LogP contribution in [0, 0.1) is 28.6 Å². The number of unbranched alkanes of at least 4 members (excludes halogenated alkanes) is 3. The molecule has 3 rings (SSSR count). The number of Topliss-reactive ketones (excluding diaryl/α,β-unsaturated/α-hetero) is 1. The van der Waals surface area contributed by atoms with E-state index in [4.69, 9.17) is 0 Å². The molecule has 3 aliphatic carbocycles. The number of carbonyl (C=O) groups excluding carboxylic acids is 1. The molecule has 2 heteroatoms. The molecule has 0 aliphatic heterocycles. The molecule has 23 heavy (non-hydrogen) atoms. The first-order valence-corrected chi connectivity index (χ1v) is 9.74. The first-order valence-electron chi connectivity index (χ1n) is 9.74. The van der Waals surface area contributed by atoms with Crippen molar-refractivity contribution in [1.82, 2.24) is 0 Å². The fourth-order valence-corrected chi connectivity index (χ4v) is 6.43. The Balaban J connectivity index is 1.96. The highest BCUT2D eigenvalue weighted by Gasteiger charge is 2.67. The van der Waals surface area contributed by atoms with Gasteiger partial charge in [-0.3, -0.25) is 4.79 Å². The number of hydrogen-bond donors (Lipinski definition) is 1. The molecule has 2 fully saturated rings. The SMILES string of the molecule is CCCCCCC1C(CO)CC2CC3=C(C)C(=O)CC31C2(C)C. The molecular formula is C21H34O2. The second-order valence-corrected chi connectivity index (χ2v) is 8.93. The second kappa shape index (κ2) is 6.02. The summed E-state index contributed by atoms with van der Waals surface area (Å²) in [6, 6.07) is 0. The van der Waals surface area contributed by atoms with Crippen LogP contribution >= 0.6 is 0 Å². The maximum Gasteiger partial charge on any atom is 0.159 e. The van der Waals surface area contributed by atoms with Crippen LogP contribution in [0.5, 0.6) is 0 Å². The highest BCUT2D eigenvalue weighted by atomic mass is 16.3. The van der Waals surface area contributed by atoms with Crippen LogP contribution < -0.4 is 0 Å². The number of aliphatic hydroxyl groups excluding tert-OH is 1. The van der Waals surface area contributed by atoms with Gasteiger partial charge in [0.2, 0.25) is 0 Å². The van der Waals surface area contributed by atoms with Crippen molar-refractivity contribution < 1.29 is 9.90 Å². The summed E-state index contributed by atoms with van der Waals surface area (Å²) in [4.78, 5) is 12.6. The maximum absolute atomic E-state index is 12.6. The average molecular weight is 319 g/mol. The van der Waals surface area contributed by atoms with Gasteiger partial charge >= 0.3 is 0 Å². The van der Waals surface area contributed by atoms with Crippen molar-refractivity contribution in [2.75, 3.05) is 6.61 Å². The smallest absolute Gasteiger partial charge is 0.159 e. The van der Waals surface area contributed by atoms with Gasteiger partial charge in [-0.05, 0) is 54.9 Å². The molecule has 1 spiro atoms. The molecule has 0 heterocycles. The zero-order chi connectivity index (χ0) is 16.8. The highest BCUT2D eigenvalue weighted by molar-refractivity contribution is 6.00. The van der Waals surface area contributed by atoms with E-state index in [1.54, 1.807) is 0 Å². The minimum absolute atomic E-state index is 0.0523. The van der Waals surface area contributed by atoms with Crippen molar-refractivity contribution in [3.05, 3.63) is 11.1 Å². The van der Waals surface area contributed by atoms with Crippen molar-refractivity contribution in [2.45, 2.75) is 79.1 Å². The molecule has 0 aromatic carbocycles. The number of allylic oxidation sites excluding steroid dienone is 2. The van der Waals surface area contributed by atoms with Crippen LogP contribution in [-0.4, -0.2) is 17.5 Å². The minimum atomic E-state index is 0.0523. The number of rotatable bonds is 6. The first-order chi connectivity index (χ1) is 10.9. The molecule has 2 saturated carbocycles. The van der Waals surface area contributed by atoms with Gasteiger partial charge in [0.15, 0.2) is 5.78 Å². The van der Waals surface area contributed by atoms with Gasteiger partial charge < -0.3 is 5.11 Å². The van der Waals surface area contributed by atoms with Gasteiger partial charge in [0.1, 0.15) is 0 Å². The van der Waals surface area contributed by atoms with Crippen molar-refractivity contribution in [1.29, 1.82) is 0 Å². The monoisotopic (exact) mass is 318 g/mol. The summed E-state index contributed by atoms with van der Waals surface area (Å²) in [5.74, 6) is 1.91. The molecule has 3 aliphatic rings. The summed E-state index contributed by atoms with van der Waals surface area (Å²) in [6.07, 6.45) is 9.25. The lowest BCUT2D eigenvalue weighted by molar-refractivity contribution is -0.123. The molecule has 0 amide bonds. The normalized spacial score (nSPS) is 38.3. The van der Waals surface area contributed by atoms with E-state index >= 15 is 0 Å². The van der Waals surface area contributed by atoms with Gasteiger partial charge in [0.05, 0.1) is 0 Å². The predicted molar refractivity (Wildman–Crippen MR) is 94.1 cm³/mol. The van der Waals surface area contributed by atoms with Crippen LogP contribution in [0.25, 0.3) is 0 Å². The Hall–Kier alpha value is -0.630. The van der Waals surface area contributed by atoms with Crippen LogP contribution in [0.3, 0.4) is 0 Å². The molecule has 2 nitrogen and oxygen atoms in total. The molecule has 130 valence electrons. The third kappa shape index (κ3) is 2.27. The van der Waals surface area contributed by atoms with E-state index in [2.05, 4.69) is 27.7 Å². The Bertz CT molecular complexity index is 516. The standard InChI is InChI=1S/C21H34O2/c1-5-6-7-8-9-17-15(13-22)10-16-11-18-14(2)19(23)12-21(17,18)20(16,3)4/h15-17,22H,5-13H2,1-4H3. The summed E-state index contributed by atoms with van der Waals surface area (Å²) in [5, 5.41) is 10.0. The molecule has 0 radical (unpaired) electrons. The average Bonchev–Trinajstić information content (AvgIpc) is 2.81. The van der Waals surface area contributed by atoms with Crippen LogP contribution in [0.15, 0.2) is 11.1 Å². The number of ketones is 1. The van der Waals surface area contributed by atoms with E-state index in [0.717, 1.165) is 18.4 Å². The third-order valence-electron chi connectivity index (χ3n) is 7.86. The Kier molecular flexibility index (Phi) is 4.50. The number of carbonyl (C=O) groups is 1. The molecule has 4 atom stereocenters. The van der Waals surface area contributed by atoms with E-state index in [1.165, 1.54) is 37.7 Å². The predicted octanol–water partition coefficient (Wildman–Crippen LogP) is 4.91. The van der Waals surface area contributed by atoms with E-state index in [9.17, 15) is 9.90 Å². The van der Waals surface area contributed by atoms with Gasteiger partial charge in [-0.1, -0.05) is 52.0 Å².